The maximum atomic E-state index is 9.16. The lowest BCUT2D eigenvalue weighted by Crippen LogP contribution is -2.50. The summed E-state index contributed by atoms with van der Waals surface area (Å²) < 4.78 is 5.66. The van der Waals surface area contributed by atoms with Gasteiger partial charge in [0.15, 0.2) is 0 Å². The van der Waals surface area contributed by atoms with E-state index in [9.17, 15) is 0 Å². The quantitative estimate of drug-likeness (QED) is 0.800. The molecule has 0 saturated heterocycles. The topological polar surface area (TPSA) is 55.5 Å². The molecular formula is C13H19NO2. The molecule has 16 heavy (non-hydrogen) atoms. The molecular weight excluding hydrogens is 202 g/mol. The van der Waals surface area contributed by atoms with Gasteiger partial charge in [-0.05, 0) is 36.6 Å². The van der Waals surface area contributed by atoms with Gasteiger partial charge in [0.2, 0.25) is 0 Å². The zero-order valence-corrected chi connectivity index (χ0v) is 9.86. The van der Waals surface area contributed by atoms with E-state index in [0.29, 0.717) is 12.5 Å². The fourth-order valence-corrected chi connectivity index (χ4v) is 2.48. The van der Waals surface area contributed by atoms with Gasteiger partial charge in [-0.1, -0.05) is 13.0 Å². The van der Waals surface area contributed by atoms with Crippen molar-refractivity contribution < 1.29 is 9.84 Å². The molecule has 0 spiro atoms. The Morgan fingerprint density at radius 1 is 1.56 bits per heavy atom. The molecule has 3 N–H and O–H groups in total. The van der Waals surface area contributed by atoms with Crippen molar-refractivity contribution in [1.82, 2.24) is 0 Å². The van der Waals surface area contributed by atoms with Crippen LogP contribution in [0.15, 0.2) is 18.2 Å². The molecule has 0 radical (unpaired) electrons. The third-order valence-electron chi connectivity index (χ3n) is 3.38. The molecule has 0 aromatic heterocycles. The second kappa shape index (κ2) is 4.07. The smallest absolute Gasteiger partial charge is 0.122 e. The van der Waals surface area contributed by atoms with Gasteiger partial charge in [0.25, 0.3) is 0 Å². The average Bonchev–Trinajstić information content (AvgIpc) is 2.27. The van der Waals surface area contributed by atoms with Crippen molar-refractivity contribution in [2.24, 2.45) is 5.73 Å². The highest BCUT2D eigenvalue weighted by atomic mass is 16.5. The van der Waals surface area contributed by atoms with Gasteiger partial charge in [0.1, 0.15) is 12.4 Å². The molecule has 1 aromatic rings. The van der Waals surface area contributed by atoms with Gasteiger partial charge in [-0.3, -0.25) is 0 Å². The lowest BCUT2D eigenvalue weighted by atomic mass is 9.77. The van der Waals surface area contributed by atoms with E-state index in [2.05, 4.69) is 6.92 Å². The number of ether oxygens (including phenoxy) is 1. The van der Waals surface area contributed by atoms with E-state index in [1.807, 2.05) is 25.1 Å². The predicted molar refractivity (Wildman–Crippen MR) is 63.5 cm³/mol. The first-order chi connectivity index (χ1) is 7.58. The van der Waals surface area contributed by atoms with Crippen LogP contribution in [0.1, 0.15) is 37.3 Å². The molecule has 0 bridgehead atoms. The summed E-state index contributed by atoms with van der Waals surface area (Å²) in [5.74, 6) is 1.20. The van der Waals surface area contributed by atoms with Gasteiger partial charge in [-0.25, -0.2) is 0 Å². The van der Waals surface area contributed by atoms with Crippen LogP contribution in [0.3, 0.4) is 0 Å². The standard InChI is InChI=1S/C13H19NO2/c1-3-11-10-6-9(7-15)4-5-12(10)16-8-13(11,2)14/h4-6,11,15H,3,7-8,14H2,1-2H3/t11-,13+/m0/s1. The molecule has 0 amide bonds. The molecule has 0 aliphatic carbocycles. The van der Waals surface area contributed by atoms with E-state index in [-0.39, 0.29) is 12.1 Å². The van der Waals surface area contributed by atoms with Crippen molar-refractivity contribution >= 4 is 0 Å². The van der Waals surface area contributed by atoms with E-state index in [1.165, 1.54) is 0 Å². The summed E-state index contributed by atoms with van der Waals surface area (Å²) in [7, 11) is 0. The molecule has 2 atom stereocenters. The second-order valence-electron chi connectivity index (χ2n) is 4.79. The van der Waals surface area contributed by atoms with Crippen molar-refractivity contribution in [1.29, 1.82) is 0 Å². The van der Waals surface area contributed by atoms with Gasteiger partial charge in [-0.2, -0.15) is 0 Å². The van der Waals surface area contributed by atoms with Crippen LogP contribution in [0.4, 0.5) is 0 Å². The van der Waals surface area contributed by atoms with Gasteiger partial charge >= 0.3 is 0 Å². The number of hydrogen-bond donors (Lipinski definition) is 2. The van der Waals surface area contributed by atoms with E-state index in [0.717, 1.165) is 23.3 Å². The minimum Gasteiger partial charge on any atom is -0.491 e. The highest BCUT2D eigenvalue weighted by Gasteiger charge is 2.36. The summed E-state index contributed by atoms with van der Waals surface area (Å²) in [6.07, 6.45) is 0.984. The van der Waals surface area contributed by atoms with Gasteiger partial charge in [0.05, 0.1) is 12.1 Å². The Bertz CT molecular complexity index is 388. The highest BCUT2D eigenvalue weighted by molar-refractivity contribution is 5.43. The zero-order chi connectivity index (χ0) is 11.8. The van der Waals surface area contributed by atoms with E-state index >= 15 is 0 Å². The minimum atomic E-state index is -0.324. The third-order valence-corrected chi connectivity index (χ3v) is 3.38. The normalized spacial score (nSPS) is 28.4. The Hall–Kier alpha value is -1.06. The van der Waals surface area contributed by atoms with Crippen LogP contribution in [-0.4, -0.2) is 17.3 Å². The van der Waals surface area contributed by atoms with Crippen LogP contribution in [-0.2, 0) is 6.61 Å². The van der Waals surface area contributed by atoms with Crippen molar-refractivity contribution in [3.05, 3.63) is 29.3 Å². The first-order valence-electron chi connectivity index (χ1n) is 5.74. The number of fused-ring (bicyclic) bond motifs is 1. The van der Waals surface area contributed by atoms with Crippen molar-refractivity contribution in [2.75, 3.05) is 6.61 Å². The fourth-order valence-electron chi connectivity index (χ4n) is 2.48. The average molecular weight is 221 g/mol. The number of benzene rings is 1. The molecule has 1 heterocycles. The Labute approximate surface area is 96.2 Å². The first kappa shape index (κ1) is 11.4. The maximum absolute atomic E-state index is 9.16. The van der Waals surface area contributed by atoms with Crippen LogP contribution < -0.4 is 10.5 Å². The van der Waals surface area contributed by atoms with Gasteiger partial charge in [0, 0.05) is 5.92 Å². The van der Waals surface area contributed by atoms with E-state index < -0.39 is 0 Å². The monoisotopic (exact) mass is 221 g/mol. The van der Waals surface area contributed by atoms with E-state index in [4.69, 9.17) is 15.6 Å². The fraction of sp³-hybridized carbons (Fsp3) is 0.538. The third kappa shape index (κ3) is 1.81. The lowest BCUT2D eigenvalue weighted by Gasteiger charge is -2.39. The van der Waals surface area contributed by atoms with Crippen LogP contribution in [0.5, 0.6) is 5.75 Å². The number of aliphatic hydroxyl groups is 1. The molecule has 88 valence electrons. The largest absolute Gasteiger partial charge is 0.491 e. The predicted octanol–water partition coefficient (Wildman–Crippen LogP) is 1.78. The Balaban J connectivity index is 2.46. The van der Waals surface area contributed by atoms with Crippen LogP contribution in [0, 0.1) is 0 Å². The maximum Gasteiger partial charge on any atom is 0.122 e. The summed E-state index contributed by atoms with van der Waals surface area (Å²) in [5.41, 5.74) is 7.97. The van der Waals surface area contributed by atoms with Crippen LogP contribution in [0.25, 0.3) is 0 Å². The Morgan fingerprint density at radius 2 is 2.31 bits per heavy atom. The highest BCUT2D eigenvalue weighted by Crippen LogP contribution is 2.40. The second-order valence-corrected chi connectivity index (χ2v) is 4.79. The number of rotatable bonds is 2. The Morgan fingerprint density at radius 3 is 2.94 bits per heavy atom. The number of nitrogens with two attached hydrogens (primary N) is 1. The zero-order valence-electron chi connectivity index (χ0n) is 9.86. The number of aliphatic hydroxyl groups excluding tert-OH is 1. The summed E-state index contributed by atoms with van der Waals surface area (Å²) in [6, 6.07) is 5.83. The molecule has 3 heteroatoms. The molecule has 1 aliphatic rings. The lowest BCUT2D eigenvalue weighted by molar-refractivity contribution is 0.170. The SMILES string of the molecule is CC[C@H]1c2cc(CO)ccc2OC[C@@]1(C)N. The summed E-state index contributed by atoms with van der Waals surface area (Å²) in [6.45, 7) is 4.77. The molecule has 0 unspecified atom stereocenters. The molecule has 0 saturated carbocycles. The van der Waals surface area contributed by atoms with Gasteiger partial charge in [-0.15, -0.1) is 0 Å². The minimum absolute atomic E-state index is 0.0605. The molecule has 1 aliphatic heterocycles. The van der Waals surface area contributed by atoms with E-state index in [1.54, 1.807) is 0 Å². The Kier molecular flexibility index (Phi) is 2.91. The van der Waals surface area contributed by atoms with Crippen molar-refractivity contribution in [3.63, 3.8) is 0 Å². The van der Waals surface area contributed by atoms with Crippen LogP contribution in [0.2, 0.25) is 0 Å². The van der Waals surface area contributed by atoms with Gasteiger partial charge < -0.3 is 15.6 Å². The first-order valence-corrected chi connectivity index (χ1v) is 5.74. The molecule has 2 rings (SSSR count). The van der Waals surface area contributed by atoms with Crippen LogP contribution >= 0.6 is 0 Å². The molecule has 1 aromatic carbocycles. The molecule has 0 fully saturated rings. The summed E-state index contributed by atoms with van der Waals surface area (Å²) in [5, 5.41) is 9.16. The van der Waals surface area contributed by atoms with Crippen molar-refractivity contribution in [2.45, 2.75) is 38.3 Å². The summed E-state index contributed by atoms with van der Waals surface area (Å²) in [4.78, 5) is 0. The number of hydrogen-bond acceptors (Lipinski definition) is 3. The summed E-state index contributed by atoms with van der Waals surface area (Å²) >= 11 is 0. The molecule has 3 nitrogen and oxygen atoms in total. The van der Waals surface area contributed by atoms with Crippen molar-refractivity contribution in [3.8, 4) is 5.75 Å².